The molecule has 3 heterocycles. The fraction of sp³-hybridized carbons (Fsp3) is 0. The second kappa shape index (κ2) is 11.9. The Bertz CT molecular complexity index is 3510. The van der Waals surface area contributed by atoms with E-state index in [2.05, 4.69) is 109 Å². The van der Waals surface area contributed by atoms with Crippen LogP contribution in [0, 0.1) is 0 Å². The Balaban J connectivity index is 0.988. The predicted octanol–water partition coefficient (Wildman–Crippen LogP) is 13.8. The molecule has 56 heavy (non-hydrogen) atoms. The summed E-state index contributed by atoms with van der Waals surface area (Å²) in [4.78, 5) is 15.1. The van der Waals surface area contributed by atoms with Crippen LogP contribution in [0.1, 0.15) is 0 Å². The summed E-state index contributed by atoms with van der Waals surface area (Å²) in [7, 11) is 0. The number of hydrogen-bond acceptors (Lipinski definition) is 5. The van der Waals surface area contributed by atoms with Crippen molar-refractivity contribution in [3.63, 3.8) is 0 Å². The summed E-state index contributed by atoms with van der Waals surface area (Å²) in [5.74, 6) is 1.69. The maximum absolute atomic E-state index is 6.63. The lowest BCUT2D eigenvalue weighted by atomic mass is 9.92. The zero-order chi connectivity index (χ0) is 36.7. The number of furan rings is 2. The zero-order valence-corrected chi connectivity index (χ0v) is 29.9. The van der Waals surface area contributed by atoms with Crippen molar-refractivity contribution in [1.82, 2.24) is 15.0 Å². The van der Waals surface area contributed by atoms with Crippen LogP contribution in [0.5, 0.6) is 0 Å². The van der Waals surface area contributed by atoms with E-state index in [1.165, 1.54) is 32.3 Å². The summed E-state index contributed by atoms with van der Waals surface area (Å²) in [6.45, 7) is 0. The van der Waals surface area contributed by atoms with Crippen LogP contribution < -0.4 is 0 Å². The Hall–Kier alpha value is -7.63. The second-order valence-electron chi connectivity index (χ2n) is 14.3. The zero-order valence-electron chi connectivity index (χ0n) is 29.9. The fourth-order valence-corrected chi connectivity index (χ4v) is 8.45. The first-order chi connectivity index (χ1) is 27.7. The summed E-state index contributed by atoms with van der Waals surface area (Å²) in [6, 6.07) is 61.1. The molecule has 260 valence electrons. The third-order valence-electron chi connectivity index (χ3n) is 11.1. The maximum atomic E-state index is 6.63. The molecule has 0 radical (unpaired) electrons. The van der Waals surface area contributed by atoms with Gasteiger partial charge in [-0.15, -0.1) is 0 Å². The number of benzene rings is 9. The second-order valence-corrected chi connectivity index (χ2v) is 14.3. The Morgan fingerprint density at radius 3 is 1.46 bits per heavy atom. The third-order valence-corrected chi connectivity index (χ3v) is 11.1. The molecular formula is C51H29N3O2. The molecule has 0 bridgehead atoms. The van der Waals surface area contributed by atoms with Gasteiger partial charge in [-0.1, -0.05) is 133 Å². The van der Waals surface area contributed by atoms with Gasteiger partial charge in [-0.05, 0) is 85.9 Å². The van der Waals surface area contributed by atoms with E-state index in [0.717, 1.165) is 71.7 Å². The average Bonchev–Trinajstić information content (AvgIpc) is 3.84. The van der Waals surface area contributed by atoms with Gasteiger partial charge in [0.1, 0.15) is 22.3 Å². The summed E-state index contributed by atoms with van der Waals surface area (Å²) < 4.78 is 13.0. The van der Waals surface area contributed by atoms with Crippen molar-refractivity contribution in [1.29, 1.82) is 0 Å². The molecule has 0 saturated heterocycles. The van der Waals surface area contributed by atoms with Crippen molar-refractivity contribution >= 4 is 76.2 Å². The van der Waals surface area contributed by atoms with Crippen molar-refractivity contribution in [3.05, 3.63) is 176 Å². The quantitative estimate of drug-likeness (QED) is 0.170. The van der Waals surface area contributed by atoms with Crippen LogP contribution >= 0.6 is 0 Å². The Kier molecular flexibility index (Phi) is 6.56. The smallest absolute Gasteiger partial charge is 0.167 e. The van der Waals surface area contributed by atoms with Crippen LogP contribution in [0.3, 0.4) is 0 Å². The SMILES string of the molecule is c1ccc(-c2nc(-c3ccc4c(c3)oc3cc(-c5ccc6c7ccccc7c7ccccc7c6c5)ccc34)nc(-c3cccc4c3oc3ccccc34)n2)cc1. The average molecular weight is 716 g/mol. The van der Waals surface area contributed by atoms with E-state index in [4.69, 9.17) is 23.8 Å². The summed E-state index contributed by atoms with van der Waals surface area (Å²) in [6.07, 6.45) is 0. The standard InChI is InChI=1S/C51H29N3O2/c1-2-11-30(12-3-1)49-52-50(54-51(53-49)43-19-10-18-42-39-17-8-9-20-45(39)56-48(42)43)33-23-26-41-40-25-22-32(28-46(40)55-47(41)29-33)31-21-24-38-36-15-5-4-13-34(36)35-14-6-7-16-37(35)44(38)27-31/h1-29H. The lowest BCUT2D eigenvalue weighted by Gasteiger charge is -2.12. The molecule has 0 aliphatic carbocycles. The minimum atomic E-state index is 0.545. The van der Waals surface area contributed by atoms with E-state index in [1.54, 1.807) is 0 Å². The van der Waals surface area contributed by atoms with Crippen LogP contribution in [-0.2, 0) is 0 Å². The van der Waals surface area contributed by atoms with Gasteiger partial charge in [0.15, 0.2) is 17.5 Å². The molecule has 5 heteroatoms. The van der Waals surface area contributed by atoms with Gasteiger partial charge in [-0.25, -0.2) is 15.0 Å². The molecule has 12 aromatic rings. The van der Waals surface area contributed by atoms with Gasteiger partial charge >= 0.3 is 0 Å². The highest BCUT2D eigenvalue weighted by Crippen LogP contribution is 2.40. The van der Waals surface area contributed by atoms with Crippen molar-refractivity contribution in [2.24, 2.45) is 0 Å². The van der Waals surface area contributed by atoms with Crippen molar-refractivity contribution in [3.8, 4) is 45.3 Å². The summed E-state index contributed by atoms with van der Waals surface area (Å²) in [5.41, 5.74) is 7.98. The van der Waals surface area contributed by atoms with Crippen molar-refractivity contribution < 1.29 is 8.83 Å². The molecule has 0 fully saturated rings. The van der Waals surface area contributed by atoms with E-state index in [-0.39, 0.29) is 0 Å². The van der Waals surface area contributed by atoms with E-state index >= 15 is 0 Å². The molecule has 0 spiro atoms. The minimum absolute atomic E-state index is 0.545. The monoisotopic (exact) mass is 715 g/mol. The Labute approximate surface area is 320 Å². The van der Waals surface area contributed by atoms with Crippen molar-refractivity contribution in [2.45, 2.75) is 0 Å². The first-order valence-corrected chi connectivity index (χ1v) is 18.8. The number of nitrogens with zero attached hydrogens (tertiary/aromatic N) is 3. The van der Waals surface area contributed by atoms with E-state index in [9.17, 15) is 0 Å². The third kappa shape index (κ3) is 4.71. The van der Waals surface area contributed by atoms with Crippen LogP contribution in [-0.4, -0.2) is 15.0 Å². The number of para-hydroxylation sites is 2. The molecule has 0 atom stereocenters. The molecule has 0 unspecified atom stereocenters. The van der Waals surface area contributed by atoms with Gasteiger partial charge in [0.2, 0.25) is 0 Å². The van der Waals surface area contributed by atoms with Gasteiger partial charge < -0.3 is 8.83 Å². The largest absolute Gasteiger partial charge is 0.456 e. The van der Waals surface area contributed by atoms with E-state index in [0.29, 0.717) is 17.5 Å². The molecular weight excluding hydrogens is 687 g/mol. The van der Waals surface area contributed by atoms with Gasteiger partial charge in [-0.3, -0.25) is 0 Å². The van der Waals surface area contributed by atoms with Crippen LogP contribution in [0.4, 0.5) is 0 Å². The molecule has 5 nitrogen and oxygen atoms in total. The Morgan fingerprint density at radius 2 is 0.750 bits per heavy atom. The highest BCUT2D eigenvalue weighted by molar-refractivity contribution is 6.25. The van der Waals surface area contributed by atoms with Crippen LogP contribution in [0.25, 0.3) is 121 Å². The number of hydrogen-bond donors (Lipinski definition) is 0. The number of rotatable bonds is 4. The highest BCUT2D eigenvalue weighted by Gasteiger charge is 2.19. The molecule has 0 N–H and O–H groups in total. The molecule has 0 amide bonds. The molecule has 12 rings (SSSR count). The number of fused-ring (bicyclic) bond motifs is 12. The van der Waals surface area contributed by atoms with Gasteiger partial charge in [0.05, 0.1) is 5.56 Å². The van der Waals surface area contributed by atoms with Gasteiger partial charge in [0, 0.05) is 32.7 Å². The molecule has 0 aliphatic rings. The maximum Gasteiger partial charge on any atom is 0.167 e. The molecule has 9 aromatic carbocycles. The lowest BCUT2D eigenvalue weighted by molar-refractivity contribution is 0.668. The molecule has 0 saturated carbocycles. The van der Waals surface area contributed by atoms with Crippen LogP contribution in [0.2, 0.25) is 0 Å². The lowest BCUT2D eigenvalue weighted by Crippen LogP contribution is -2.00. The fourth-order valence-electron chi connectivity index (χ4n) is 8.45. The summed E-state index contributed by atoms with van der Waals surface area (Å²) in [5, 5.41) is 11.7. The first-order valence-electron chi connectivity index (χ1n) is 18.8. The molecule has 0 aliphatic heterocycles. The van der Waals surface area contributed by atoms with Gasteiger partial charge in [-0.2, -0.15) is 0 Å². The van der Waals surface area contributed by atoms with Gasteiger partial charge in [0.25, 0.3) is 0 Å². The topological polar surface area (TPSA) is 65.0 Å². The first kappa shape index (κ1) is 30.8. The Morgan fingerprint density at radius 1 is 0.268 bits per heavy atom. The highest BCUT2D eigenvalue weighted by atomic mass is 16.3. The van der Waals surface area contributed by atoms with Crippen LogP contribution in [0.15, 0.2) is 185 Å². The summed E-state index contributed by atoms with van der Waals surface area (Å²) >= 11 is 0. The van der Waals surface area contributed by atoms with E-state index in [1.807, 2.05) is 66.7 Å². The number of aromatic nitrogens is 3. The van der Waals surface area contributed by atoms with Crippen molar-refractivity contribution in [2.75, 3.05) is 0 Å². The minimum Gasteiger partial charge on any atom is -0.456 e. The normalized spacial score (nSPS) is 11.9. The predicted molar refractivity (Wildman–Crippen MR) is 229 cm³/mol. The van der Waals surface area contributed by atoms with E-state index < -0.39 is 0 Å². The molecule has 3 aromatic heterocycles.